The molecule has 0 fully saturated rings. The third kappa shape index (κ3) is 2.93. The van der Waals surface area contributed by atoms with E-state index in [1.54, 1.807) is 12.3 Å². The second-order valence-electron chi connectivity index (χ2n) is 5.26. The fourth-order valence-electron chi connectivity index (χ4n) is 1.57. The van der Waals surface area contributed by atoms with E-state index in [-0.39, 0.29) is 11.0 Å². The number of carbonyl (C=O) groups is 1. The average Bonchev–Trinajstić information content (AvgIpc) is 2.74. The van der Waals surface area contributed by atoms with Crippen molar-refractivity contribution in [1.29, 1.82) is 0 Å². The van der Waals surface area contributed by atoms with Gasteiger partial charge in [-0.25, -0.2) is 14.5 Å². The van der Waals surface area contributed by atoms with Crippen LogP contribution in [0.5, 0.6) is 0 Å². The molecule has 0 saturated heterocycles. The highest BCUT2D eigenvalue weighted by Gasteiger charge is 2.19. The molecule has 0 aliphatic rings. The Balaban J connectivity index is 2.61. The van der Waals surface area contributed by atoms with E-state index in [4.69, 9.17) is 16.7 Å². The third-order valence-electron chi connectivity index (χ3n) is 2.61. The van der Waals surface area contributed by atoms with Gasteiger partial charge in [-0.3, -0.25) is 0 Å². The minimum atomic E-state index is -0.993. The number of halogens is 1. The molecule has 19 heavy (non-hydrogen) atoms. The Hall–Kier alpha value is -1.88. The standard InChI is InChI=1S/C13H14ClN3O2/c1-13(2,3)10-4-8(12(18)19)5-11(16-10)17-7-9(14)6-15-17/h4-7H,1-3H3,(H,18,19). The number of nitrogens with zero attached hydrogens (tertiary/aromatic N) is 3. The van der Waals surface area contributed by atoms with Crippen LogP contribution in [-0.4, -0.2) is 25.8 Å². The summed E-state index contributed by atoms with van der Waals surface area (Å²) in [6.45, 7) is 5.92. The summed E-state index contributed by atoms with van der Waals surface area (Å²) in [5.74, 6) is -0.552. The Kier molecular flexibility index (Phi) is 3.32. The number of carboxylic acid groups (broad SMARTS) is 1. The van der Waals surface area contributed by atoms with Crippen LogP contribution in [0, 0.1) is 0 Å². The summed E-state index contributed by atoms with van der Waals surface area (Å²) in [4.78, 5) is 15.6. The highest BCUT2D eigenvalue weighted by Crippen LogP contribution is 2.23. The normalized spacial score (nSPS) is 11.6. The molecule has 0 atom stereocenters. The smallest absolute Gasteiger partial charge is 0.335 e. The lowest BCUT2D eigenvalue weighted by Crippen LogP contribution is -2.17. The molecule has 1 N–H and O–H groups in total. The van der Waals surface area contributed by atoms with Crippen molar-refractivity contribution in [2.24, 2.45) is 0 Å². The number of hydrogen-bond acceptors (Lipinski definition) is 3. The monoisotopic (exact) mass is 279 g/mol. The van der Waals surface area contributed by atoms with Crippen LogP contribution in [0.25, 0.3) is 5.82 Å². The Morgan fingerprint density at radius 2 is 2.05 bits per heavy atom. The van der Waals surface area contributed by atoms with Crippen LogP contribution >= 0.6 is 11.6 Å². The summed E-state index contributed by atoms with van der Waals surface area (Å²) in [6.07, 6.45) is 3.06. The zero-order valence-corrected chi connectivity index (χ0v) is 11.6. The van der Waals surface area contributed by atoms with E-state index >= 15 is 0 Å². The average molecular weight is 280 g/mol. The molecular weight excluding hydrogens is 266 g/mol. The first-order valence-electron chi connectivity index (χ1n) is 5.74. The highest BCUT2D eigenvalue weighted by molar-refractivity contribution is 6.30. The topological polar surface area (TPSA) is 68.0 Å². The number of aromatic nitrogens is 3. The molecular formula is C13H14ClN3O2. The summed E-state index contributed by atoms with van der Waals surface area (Å²) in [5, 5.41) is 13.7. The van der Waals surface area contributed by atoms with Crippen molar-refractivity contribution in [3.63, 3.8) is 0 Å². The van der Waals surface area contributed by atoms with Crippen molar-refractivity contribution in [3.8, 4) is 5.82 Å². The molecule has 5 nitrogen and oxygen atoms in total. The fourth-order valence-corrected chi connectivity index (χ4v) is 1.70. The second kappa shape index (κ2) is 4.66. The molecule has 0 unspecified atom stereocenters. The molecule has 2 rings (SSSR count). The summed E-state index contributed by atoms with van der Waals surface area (Å²) in [7, 11) is 0. The Morgan fingerprint density at radius 3 is 2.53 bits per heavy atom. The first kappa shape index (κ1) is 13.5. The van der Waals surface area contributed by atoms with Crippen LogP contribution in [0.1, 0.15) is 36.8 Å². The van der Waals surface area contributed by atoms with Gasteiger partial charge in [0.1, 0.15) is 0 Å². The molecule has 2 aromatic rings. The lowest BCUT2D eigenvalue weighted by atomic mass is 9.91. The Morgan fingerprint density at radius 1 is 1.37 bits per heavy atom. The predicted molar refractivity (Wildman–Crippen MR) is 72.0 cm³/mol. The Labute approximate surface area is 115 Å². The molecule has 2 aromatic heterocycles. The molecule has 0 saturated carbocycles. The maximum Gasteiger partial charge on any atom is 0.335 e. The van der Waals surface area contributed by atoms with E-state index in [2.05, 4.69) is 10.1 Å². The number of rotatable bonds is 2. The summed E-state index contributed by atoms with van der Waals surface area (Å²) in [6, 6.07) is 3.05. The van der Waals surface area contributed by atoms with E-state index < -0.39 is 5.97 Å². The minimum Gasteiger partial charge on any atom is -0.478 e. The van der Waals surface area contributed by atoms with Crippen molar-refractivity contribution >= 4 is 17.6 Å². The SMILES string of the molecule is CC(C)(C)c1cc(C(=O)O)cc(-n2cc(Cl)cn2)n1. The number of carboxylic acids is 1. The minimum absolute atomic E-state index is 0.182. The van der Waals surface area contributed by atoms with Gasteiger partial charge in [-0.05, 0) is 12.1 Å². The second-order valence-corrected chi connectivity index (χ2v) is 5.69. The first-order chi connectivity index (χ1) is 8.77. The van der Waals surface area contributed by atoms with E-state index in [9.17, 15) is 4.79 Å². The molecule has 100 valence electrons. The molecule has 0 aromatic carbocycles. The molecule has 0 radical (unpaired) electrons. The number of pyridine rings is 1. The molecule has 0 aliphatic heterocycles. The number of hydrogen-bond donors (Lipinski definition) is 1. The van der Waals surface area contributed by atoms with Crippen molar-refractivity contribution in [3.05, 3.63) is 40.8 Å². The van der Waals surface area contributed by atoms with Gasteiger partial charge in [0.2, 0.25) is 0 Å². The van der Waals surface area contributed by atoms with E-state index in [1.807, 2.05) is 20.8 Å². The van der Waals surface area contributed by atoms with Crippen molar-refractivity contribution in [2.75, 3.05) is 0 Å². The molecule has 6 heteroatoms. The highest BCUT2D eigenvalue weighted by atomic mass is 35.5. The van der Waals surface area contributed by atoms with Crippen molar-refractivity contribution < 1.29 is 9.90 Å². The van der Waals surface area contributed by atoms with Crippen LogP contribution < -0.4 is 0 Å². The van der Waals surface area contributed by atoms with Crippen LogP contribution in [0.15, 0.2) is 24.5 Å². The zero-order chi connectivity index (χ0) is 14.2. The van der Waals surface area contributed by atoms with Gasteiger partial charge in [0, 0.05) is 11.1 Å². The summed E-state index contributed by atoms with van der Waals surface area (Å²) >= 11 is 5.81. The maximum absolute atomic E-state index is 11.2. The van der Waals surface area contributed by atoms with Gasteiger partial charge in [-0.2, -0.15) is 5.10 Å². The molecule has 2 heterocycles. The van der Waals surface area contributed by atoms with Crippen LogP contribution in [0.2, 0.25) is 5.02 Å². The van der Waals surface area contributed by atoms with Crippen molar-refractivity contribution in [1.82, 2.24) is 14.8 Å². The van der Waals surface area contributed by atoms with Gasteiger partial charge >= 0.3 is 5.97 Å². The van der Waals surface area contributed by atoms with Gasteiger partial charge < -0.3 is 5.11 Å². The van der Waals surface area contributed by atoms with Gasteiger partial charge in [0.05, 0.1) is 23.0 Å². The van der Waals surface area contributed by atoms with E-state index in [1.165, 1.54) is 16.9 Å². The van der Waals surface area contributed by atoms with Crippen molar-refractivity contribution in [2.45, 2.75) is 26.2 Å². The zero-order valence-electron chi connectivity index (χ0n) is 10.9. The number of aromatic carboxylic acids is 1. The predicted octanol–water partition coefficient (Wildman–Crippen LogP) is 2.92. The Bertz CT molecular complexity index is 629. The van der Waals surface area contributed by atoms with E-state index in [0.29, 0.717) is 16.5 Å². The van der Waals surface area contributed by atoms with Crippen LogP contribution in [0.3, 0.4) is 0 Å². The summed E-state index contributed by atoms with van der Waals surface area (Å²) in [5.41, 5.74) is 0.618. The maximum atomic E-state index is 11.2. The first-order valence-corrected chi connectivity index (χ1v) is 6.11. The van der Waals surface area contributed by atoms with Crippen LogP contribution in [0.4, 0.5) is 0 Å². The molecule has 0 aliphatic carbocycles. The van der Waals surface area contributed by atoms with E-state index in [0.717, 1.165) is 0 Å². The van der Waals surface area contributed by atoms with Crippen LogP contribution in [-0.2, 0) is 5.41 Å². The fraction of sp³-hybridized carbons (Fsp3) is 0.308. The molecule has 0 spiro atoms. The summed E-state index contributed by atoms with van der Waals surface area (Å²) < 4.78 is 1.46. The van der Waals surface area contributed by atoms with Gasteiger partial charge in [-0.1, -0.05) is 32.4 Å². The molecule has 0 bridgehead atoms. The van der Waals surface area contributed by atoms with Gasteiger partial charge in [0.25, 0.3) is 0 Å². The van der Waals surface area contributed by atoms with Gasteiger partial charge in [-0.15, -0.1) is 0 Å². The largest absolute Gasteiger partial charge is 0.478 e. The quantitative estimate of drug-likeness (QED) is 0.918. The lowest BCUT2D eigenvalue weighted by Gasteiger charge is -2.19. The lowest BCUT2D eigenvalue weighted by molar-refractivity contribution is 0.0696. The molecule has 0 amide bonds. The third-order valence-corrected chi connectivity index (χ3v) is 2.81. The van der Waals surface area contributed by atoms with Gasteiger partial charge in [0.15, 0.2) is 5.82 Å².